The van der Waals surface area contributed by atoms with Gasteiger partial charge in [0, 0.05) is 17.1 Å². The molecule has 0 aliphatic heterocycles. The van der Waals surface area contributed by atoms with Gasteiger partial charge >= 0.3 is 0 Å². The average molecular weight is 277 g/mol. The highest BCUT2D eigenvalue weighted by atomic mass is 15.2. The fraction of sp³-hybridized carbons (Fsp3) is 0.300. The Morgan fingerprint density at radius 3 is 2.57 bits per heavy atom. The van der Waals surface area contributed by atoms with Crippen LogP contribution in [-0.4, -0.2) is 0 Å². The highest BCUT2D eigenvalue weighted by Gasteiger charge is 2.18. The van der Waals surface area contributed by atoms with E-state index in [9.17, 15) is 0 Å². The largest absolute Gasteiger partial charge is 0.315 e. The summed E-state index contributed by atoms with van der Waals surface area (Å²) in [5.41, 5.74) is 5.25. The molecule has 1 aromatic rings. The zero-order chi connectivity index (χ0) is 14.7. The summed E-state index contributed by atoms with van der Waals surface area (Å²) >= 11 is 0. The van der Waals surface area contributed by atoms with E-state index in [4.69, 9.17) is 0 Å². The van der Waals surface area contributed by atoms with Gasteiger partial charge < -0.3 is 4.90 Å². The van der Waals surface area contributed by atoms with Crippen molar-refractivity contribution in [2.24, 2.45) is 5.92 Å². The first-order valence-electron chi connectivity index (χ1n) is 7.85. The summed E-state index contributed by atoms with van der Waals surface area (Å²) in [6, 6.07) is 8.83. The van der Waals surface area contributed by atoms with E-state index in [0.717, 1.165) is 19.3 Å². The summed E-state index contributed by atoms with van der Waals surface area (Å²) in [4.78, 5) is 2.41. The van der Waals surface area contributed by atoms with Crippen molar-refractivity contribution in [3.05, 3.63) is 77.7 Å². The maximum absolute atomic E-state index is 2.41. The van der Waals surface area contributed by atoms with Gasteiger partial charge in [-0.25, -0.2) is 0 Å². The van der Waals surface area contributed by atoms with Crippen molar-refractivity contribution in [1.29, 1.82) is 0 Å². The molecule has 0 amide bonds. The predicted molar refractivity (Wildman–Crippen MR) is 91.1 cm³/mol. The minimum Gasteiger partial charge on any atom is -0.315 e. The molecule has 0 spiro atoms. The molecule has 1 unspecified atom stereocenters. The SMILES string of the molecule is Cc1ccc(N(C2=CC(C)CC=C2)C2=CC=CCC2)cc1. The molecule has 0 aromatic heterocycles. The topological polar surface area (TPSA) is 3.24 Å². The Hall–Kier alpha value is -2.02. The summed E-state index contributed by atoms with van der Waals surface area (Å²) in [5, 5.41) is 0. The molecule has 2 aliphatic rings. The highest BCUT2D eigenvalue weighted by Crippen LogP contribution is 2.31. The lowest BCUT2D eigenvalue weighted by molar-refractivity contribution is 0.722. The van der Waals surface area contributed by atoms with Gasteiger partial charge in [0.05, 0.1) is 0 Å². The third kappa shape index (κ3) is 3.18. The number of hydrogen-bond donors (Lipinski definition) is 0. The molecule has 0 radical (unpaired) electrons. The number of aryl methyl sites for hydroxylation is 1. The molecule has 1 atom stereocenters. The van der Waals surface area contributed by atoms with E-state index in [0.29, 0.717) is 5.92 Å². The number of hydrogen-bond acceptors (Lipinski definition) is 1. The quantitative estimate of drug-likeness (QED) is 0.703. The second kappa shape index (κ2) is 6.17. The molecule has 0 N–H and O–H groups in total. The smallest absolute Gasteiger partial charge is 0.0458 e. The summed E-state index contributed by atoms with van der Waals surface area (Å²) < 4.78 is 0. The Kier molecular flexibility index (Phi) is 4.10. The van der Waals surface area contributed by atoms with Crippen LogP contribution in [0.25, 0.3) is 0 Å². The Balaban J connectivity index is 2.02. The number of rotatable bonds is 3. The molecular weight excluding hydrogens is 254 g/mol. The van der Waals surface area contributed by atoms with Crippen LogP contribution in [0.15, 0.2) is 72.1 Å². The summed E-state index contributed by atoms with van der Waals surface area (Å²) in [6.07, 6.45) is 17.0. The van der Waals surface area contributed by atoms with Crippen molar-refractivity contribution in [3.8, 4) is 0 Å². The fourth-order valence-corrected chi connectivity index (χ4v) is 2.92. The van der Waals surface area contributed by atoms with E-state index in [1.165, 1.54) is 22.6 Å². The lowest BCUT2D eigenvalue weighted by Gasteiger charge is -2.31. The second-order valence-corrected chi connectivity index (χ2v) is 6.00. The molecule has 1 aromatic carbocycles. The van der Waals surface area contributed by atoms with Crippen molar-refractivity contribution in [3.63, 3.8) is 0 Å². The zero-order valence-corrected chi connectivity index (χ0v) is 12.9. The minimum absolute atomic E-state index is 0.609. The van der Waals surface area contributed by atoms with Gasteiger partial charge in [-0.2, -0.15) is 0 Å². The third-order valence-corrected chi connectivity index (χ3v) is 4.08. The summed E-state index contributed by atoms with van der Waals surface area (Å²) in [6.45, 7) is 4.42. The van der Waals surface area contributed by atoms with Gasteiger partial charge in [0.2, 0.25) is 0 Å². The molecule has 0 saturated carbocycles. The molecule has 1 heteroatoms. The highest BCUT2D eigenvalue weighted by molar-refractivity contribution is 5.62. The molecule has 21 heavy (non-hydrogen) atoms. The van der Waals surface area contributed by atoms with Gasteiger partial charge in [0.1, 0.15) is 0 Å². The zero-order valence-electron chi connectivity index (χ0n) is 12.9. The van der Waals surface area contributed by atoms with Crippen LogP contribution in [-0.2, 0) is 0 Å². The third-order valence-electron chi connectivity index (χ3n) is 4.08. The molecule has 0 heterocycles. The predicted octanol–water partition coefficient (Wildman–Crippen LogP) is 5.52. The van der Waals surface area contributed by atoms with Crippen molar-refractivity contribution in [2.45, 2.75) is 33.1 Å². The van der Waals surface area contributed by atoms with Crippen molar-refractivity contribution in [2.75, 3.05) is 4.90 Å². The Morgan fingerprint density at radius 2 is 1.90 bits per heavy atom. The molecule has 108 valence electrons. The van der Waals surface area contributed by atoms with Crippen LogP contribution in [0, 0.1) is 12.8 Å². The maximum Gasteiger partial charge on any atom is 0.0458 e. The first kappa shape index (κ1) is 13.9. The van der Waals surface area contributed by atoms with Gasteiger partial charge in [0.25, 0.3) is 0 Å². The lowest BCUT2D eigenvalue weighted by atomic mass is 9.99. The average Bonchev–Trinajstić information content (AvgIpc) is 2.51. The van der Waals surface area contributed by atoms with E-state index >= 15 is 0 Å². The number of allylic oxidation sites excluding steroid dienone is 7. The van der Waals surface area contributed by atoms with Crippen LogP contribution < -0.4 is 4.90 Å². The van der Waals surface area contributed by atoms with Crippen molar-refractivity contribution < 1.29 is 0 Å². The normalized spacial score (nSPS) is 21.0. The Morgan fingerprint density at radius 1 is 1.10 bits per heavy atom. The maximum atomic E-state index is 2.41. The number of benzene rings is 1. The van der Waals surface area contributed by atoms with E-state index in [-0.39, 0.29) is 0 Å². The van der Waals surface area contributed by atoms with E-state index < -0.39 is 0 Å². The van der Waals surface area contributed by atoms with Crippen LogP contribution in [0.2, 0.25) is 0 Å². The van der Waals surface area contributed by atoms with Gasteiger partial charge in [-0.05, 0) is 56.4 Å². The molecule has 0 fully saturated rings. The van der Waals surface area contributed by atoms with Gasteiger partial charge in [-0.3, -0.25) is 0 Å². The standard InChI is InChI=1S/C20H23N/c1-16-11-13-19(14-12-16)21(18-8-4-3-5-9-18)20-10-6-7-17(2)15-20/h3-4,6,8,10-15,17H,5,7,9H2,1-2H3. The van der Waals surface area contributed by atoms with E-state index in [1.54, 1.807) is 0 Å². The van der Waals surface area contributed by atoms with Gasteiger partial charge in [-0.1, -0.05) is 48.9 Å². The monoisotopic (exact) mass is 277 g/mol. The fourth-order valence-electron chi connectivity index (χ4n) is 2.92. The second-order valence-electron chi connectivity index (χ2n) is 6.00. The van der Waals surface area contributed by atoms with Crippen LogP contribution in [0.1, 0.15) is 31.7 Å². The van der Waals surface area contributed by atoms with Gasteiger partial charge in [0.15, 0.2) is 0 Å². The van der Waals surface area contributed by atoms with E-state index in [2.05, 4.69) is 79.5 Å². The molecule has 1 nitrogen and oxygen atoms in total. The van der Waals surface area contributed by atoms with Crippen molar-refractivity contribution in [1.82, 2.24) is 0 Å². The first-order valence-corrected chi connectivity index (χ1v) is 7.85. The molecule has 2 aliphatic carbocycles. The van der Waals surface area contributed by atoms with Crippen LogP contribution >= 0.6 is 0 Å². The summed E-state index contributed by atoms with van der Waals surface area (Å²) in [5.74, 6) is 0.609. The minimum atomic E-state index is 0.609. The Labute approximate surface area is 128 Å². The lowest BCUT2D eigenvalue weighted by Crippen LogP contribution is -2.23. The van der Waals surface area contributed by atoms with Crippen LogP contribution in [0.4, 0.5) is 5.69 Å². The molecule has 3 rings (SSSR count). The molecule has 0 saturated heterocycles. The Bertz CT molecular complexity index is 614. The van der Waals surface area contributed by atoms with E-state index in [1.807, 2.05) is 0 Å². The molecular formula is C20H23N. The van der Waals surface area contributed by atoms with Gasteiger partial charge in [-0.15, -0.1) is 0 Å². The van der Waals surface area contributed by atoms with Crippen molar-refractivity contribution >= 4 is 5.69 Å². The van der Waals surface area contributed by atoms with Crippen LogP contribution in [0.3, 0.4) is 0 Å². The summed E-state index contributed by atoms with van der Waals surface area (Å²) in [7, 11) is 0. The number of anilines is 1. The first-order chi connectivity index (χ1) is 10.2. The number of nitrogens with zero attached hydrogens (tertiary/aromatic N) is 1. The molecule has 0 bridgehead atoms. The van der Waals surface area contributed by atoms with Crippen LogP contribution in [0.5, 0.6) is 0 Å².